The molecule has 0 radical (unpaired) electrons. The molecule has 0 spiro atoms. The Morgan fingerprint density at radius 3 is 2.35 bits per heavy atom. The molecule has 0 amide bonds. The van der Waals surface area contributed by atoms with Gasteiger partial charge in [0, 0.05) is 5.88 Å². The number of rotatable bonds is 5. The molecule has 0 unspecified atom stereocenters. The minimum Gasteiger partial charge on any atom is -0.496 e. The summed E-state index contributed by atoms with van der Waals surface area (Å²) >= 11 is 5.70. The third-order valence-corrected chi connectivity index (χ3v) is 2.98. The standard InChI is InChI=1S/C14H12ClNO4/c1-19-12-6-7-14(13(8-12)16(17)18)20-11-4-2-10(9-15)3-5-11/h2-8H,9H2,1H3. The lowest BCUT2D eigenvalue weighted by atomic mass is 10.2. The van der Waals surface area contributed by atoms with Crippen molar-refractivity contribution in [3.63, 3.8) is 0 Å². The van der Waals surface area contributed by atoms with Crippen LogP contribution in [0.4, 0.5) is 5.69 Å². The van der Waals surface area contributed by atoms with Crippen molar-refractivity contribution in [2.45, 2.75) is 5.88 Å². The molecule has 20 heavy (non-hydrogen) atoms. The van der Waals surface area contributed by atoms with Gasteiger partial charge in [-0.25, -0.2) is 0 Å². The predicted molar refractivity (Wildman–Crippen MR) is 75.7 cm³/mol. The third-order valence-electron chi connectivity index (χ3n) is 2.67. The van der Waals surface area contributed by atoms with Crippen LogP contribution < -0.4 is 9.47 Å². The number of nitro benzene ring substituents is 1. The number of hydrogen-bond donors (Lipinski definition) is 0. The van der Waals surface area contributed by atoms with Crippen molar-refractivity contribution < 1.29 is 14.4 Å². The lowest BCUT2D eigenvalue weighted by Gasteiger charge is -2.08. The van der Waals surface area contributed by atoms with Gasteiger partial charge in [0.2, 0.25) is 5.75 Å². The highest BCUT2D eigenvalue weighted by Gasteiger charge is 2.17. The van der Waals surface area contributed by atoms with Crippen LogP contribution in [0.1, 0.15) is 5.56 Å². The number of methoxy groups -OCH3 is 1. The van der Waals surface area contributed by atoms with Crippen molar-refractivity contribution in [2.24, 2.45) is 0 Å². The maximum Gasteiger partial charge on any atom is 0.315 e. The van der Waals surface area contributed by atoms with Crippen molar-refractivity contribution in [1.29, 1.82) is 0 Å². The first kappa shape index (κ1) is 14.1. The molecule has 0 aromatic heterocycles. The molecule has 0 N–H and O–H groups in total. The molecule has 0 aliphatic rings. The van der Waals surface area contributed by atoms with E-state index in [0.29, 0.717) is 17.4 Å². The normalized spacial score (nSPS) is 10.1. The lowest BCUT2D eigenvalue weighted by molar-refractivity contribution is -0.385. The van der Waals surface area contributed by atoms with Crippen LogP contribution in [0.2, 0.25) is 0 Å². The van der Waals surface area contributed by atoms with Gasteiger partial charge in [0.25, 0.3) is 0 Å². The average molecular weight is 294 g/mol. The van der Waals surface area contributed by atoms with E-state index in [1.165, 1.54) is 19.2 Å². The largest absolute Gasteiger partial charge is 0.496 e. The van der Waals surface area contributed by atoms with Gasteiger partial charge in [0.1, 0.15) is 11.5 Å². The second-order valence-corrected chi connectivity index (χ2v) is 4.24. The molecule has 5 nitrogen and oxygen atoms in total. The zero-order chi connectivity index (χ0) is 14.5. The van der Waals surface area contributed by atoms with Crippen LogP contribution in [0, 0.1) is 10.1 Å². The average Bonchev–Trinajstić information content (AvgIpc) is 2.48. The fourth-order valence-corrected chi connectivity index (χ4v) is 1.80. The molecule has 2 aromatic rings. The van der Waals surface area contributed by atoms with Crippen LogP contribution in [-0.4, -0.2) is 12.0 Å². The molecule has 0 saturated carbocycles. The first-order valence-electron chi connectivity index (χ1n) is 5.79. The SMILES string of the molecule is COc1ccc(Oc2ccc(CCl)cc2)c([N+](=O)[O-])c1. The predicted octanol–water partition coefficient (Wildman–Crippen LogP) is 4.13. The molecule has 0 bridgehead atoms. The van der Waals surface area contributed by atoms with Gasteiger partial charge in [0.15, 0.2) is 0 Å². The molecule has 104 valence electrons. The van der Waals surface area contributed by atoms with E-state index in [1.807, 2.05) is 0 Å². The summed E-state index contributed by atoms with van der Waals surface area (Å²) in [5.74, 6) is 1.48. The molecule has 0 aliphatic heterocycles. The van der Waals surface area contributed by atoms with Crippen molar-refractivity contribution >= 4 is 17.3 Å². The molecular formula is C14H12ClNO4. The van der Waals surface area contributed by atoms with Gasteiger partial charge in [-0.1, -0.05) is 12.1 Å². The van der Waals surface area contributed by atoms with Crippen LogP contribution in [0.3, 0.4) is 0 Å². The first-order valence-corrected chi connectivity index (χ1v) is 6.32. The van der Waals surface area contributed by atoms with Gasteiger partial charge < -0.3 is 9.47 Å². The summed E-state index contributed by atoms with van der Waals surface area (Å²) in [6, 6.07) is 11.5. The minimum atomic E-state index is -0.509. The molecule has 0 aliphatic carbocycles. The van der Waals surface area contributed by atoms with Crippen LogP contribution in [0.5, 0.6) is 17.2 Å². The Bertz CT molecular complexity index is 613. The Balaban J connectivity index is 2.29. The zero-order valence-corrected chi connectivity index (χ0v) is 11.5. The summed E-state index contributed by atoms with van der Waals surface area (Å²) < 4.78 is 10.5. The number of alkyl halides is 1. The van der Waals surface area contributed by atoms with Gasteiger partial charge in [0.05, 0.1) is 18.1 Å². The van der Waals surface area contributed by atoms with Crippen LogP contribution >= 0.6 is 11.6 Å². The highest BCUT2D eigenvalue weighted by atomic mass is 35.5. The quantitative estimate of drug-likeness (QED) is 0.472. The molecule has 0 fully saturated rings. The maximum absolute atomic E-state index is 11.0. The second-order valence-electron chi connectivity index (χ2n) is 3.97. The van der Waals surface area contributed by atoms with E-state index in [1.54, 1.807) is 30.3 Å². The summed E-state index contributed by atoms with van der Waals surface area (Å²) in [4.78, 5) is 10.5. The van der Waals surface area contributed by atoms with E-state index in [-0.39, 0.29) is 11.4 Å². The van der Waals surface area contributed by atoms with Gasteiger partial charge in [-0.05, 0) is 29.8 Å². The second kappa shape index (κ2) is 6.25. The fraction of sp³-hybridized carbons (Fsp3) is 0.143. The number of nitrogens with zero attached hydrogens (tertiary/aromatic N) is 1. The monoisotopic (exact) mass is 293 g/mol. The summed E-state index contributed by atoms with van der Waals surface area (Å²) in [6.45, 7) is 0. The molecule has 0 atom stereocenters. The molecule has 0 heterocycles. The summed E-state index contributed by atoms with van der Waals surface area (Å²) in [5, 5.41) is 11.0. The summed E-state index contributed by atoms with van der Waals surface area (Å²) in [5.41, 5.74) is 0.800. The summed E-state index contributed by atoms with van der Waals surface area (Å²) in [7, 11) is 1.45. The van der Waals surface area contributed by atoms with E-state index in [0.717, 1.165) is 5.56 Å². The van der Waals surface area contributed by atoms with Crippen molar-refractivity contribution in [2.75, 3.05) is 7.11 Å². The number of benzene rings is 2. The van der Waals surface area contributed by atoms with Crippen LogP contribution in [-0.2, 0) is 5.88 Å². The smallest absolute Gasteiger partial charge is 0.315 e. The van der Waals surface area contributed by atoms with E-state index in [9.17, 15) is 10.1 Å². The van der Waals surface area contributed by atoms with Crippen LogP contribution in [0.25, 0.3) is 0 Å². The van der Waals surface area contributed by atoms with E-state index < -0.39 is 4.92 Å². The molecule has 0 saturated heterocycles. The highest BCUT2D eigenvalue weighted by molar-refractivity contribution is 6.17. The zero-order valence-electron chi connectivity index (χ0n) is 10.7. The minimum absolute atomic E-state index is 0.147. The number of ether oxygens (including phenoxy) is 2. The molecular weight excluding hydrogens is 282 g/mol. The van der Waals surface area contributed by atoms with Crippen molar-refractivity contribution in [3.05, 3.63) is 58.1 Å². The molecule has 2 aromatic carbocycles. The Kier molecular flexibility index (Phi) is 4.42. The summed E-state index contributed by atoms with van der Waals surface area (Å²) in [6.07, 6.45) is 0. The Hall–Kier alpha value is -2.27. The Morgan fingerprint density at radius 2 is 1.80 bits per heavy atom. The number of hydrogen-bond acceptors (Lipinski definition) is 4. The maximum atomic E-state index is 11.0. The van der Waals surface area contributed by atoms with E-state index in [4.69, 9.17) is 21.1 Å². The first-order chi connectivity index (χ1) is 9.63. The Morgan fingerprint density at radius 1 is 1.15 bits per heavy atom. The highest BCUT2D eigenvalue weighted by Crippen LogP contribution is 2.34. The van der Waals surface area contributed by atoms with Gasteiger partial charge in [-0.2, -0.15) is 0 Å². The molecule has 6 heteroatoms. The van der Waals surface area contributed by atoms with E-state index >= 15 is 0 Å². The van der Waals surface area contributed by atoms with Crippen molar-refractivity contribution in [3.8, 4) is 17.2 Å². The van der Waals surface area contributed by atoms with Gasteiger partial charge in [-0.3, -0.25) is 10.1 Å². The van der Waals surface area contributed by atoms with Crippen LogP contribution in [0.15, 0.2) is 42.5 Å². The topological polar surface area (TPSA) is 61.6 Å². The third kappa shape index (κ3) is 3.19. The van der Waals surface area contributed by atoms with Gasteiger partial charge >= 0.3 is 5.69 Å². The van der Waals surface area contributed by atoms with Gasteiger partial charge in [-0.15, -0.1) is 11.6 Å². The fourth-order valence-electron chi connectivity index (χ4n) is 1.63. The number of nitro groups is 1. The van der Waals surface area contributed by atoms with Crippen molar-refractivity contribution in [1.82, 2.24) is 0 Å². The Labute approximate surface area is 120 Å². The molecule has 2 rings (SSSR count). The van der Waals surface area contributed by atoms with E-state index in [2.05, 4.69) is 0 Å². The lowest BCUT2D eigenvalue weighted by Crippen LogP contribution is -1.94. The number of halogens is 1.